The standard InChI is InChI=1S/C63H111N2O7P/c1-7-10-13-16-19-22-25-28-30-32-33-34-36-38-41-44-47-50-53-56-63(67)72-61(54-51-48-45-42-39-27-24-21-18-15-12-9-3)60(59-71-73(68,69)70-58-57-65(4,5)6)64-62(66)55-52-49-46-43-40-37-35-31-29-26-23-20-17-14-11-8-2/h11,14,19-20,22-23,28-31,33-34,38,41,51,54,60-61H,7-10,12-13,15-18,21,24-27,32,35-37,39-40,42-50,52-53,55-59H2,1-6H3,(H-,64,66,68,69)/b14-11+,22-19-,23-20+,30-28-,31-29+,34-33-,41-38-,54-51+. The number of quaternary nitrogens is 1. The van der Waals surface area contributed by atoms with Gasteiger partial charge in [-0.25, -0.2) is 0 Å². The van der Waals surface area contributed by atoms with Crippen LogP contribution in [0.3, 0.4) is 0 Å². The summed E-state index contributed by atoms with van der Waals surface area (Å²) >= 11 is 0. The molecule has 0 heterocycles. The molecule has 3 unspecified atom stereocenters. The minimum atomic E-state index is -4.71. The first-order valence-corrected chi connectivity index (χ1v) is 31.0. The number of allylic oxidation sites excluding steroid dienone is 15. The first kappa shape index (κ1) is 69.9. The van der Waals surface area contributed by atoms with Crippen LogP contribution in [0.1, 0.15) is 239 Å². The quantitative estimate of drug-likeness (QED) is 0.0212. The van der Waals surface area contributed by atoms with E-state index in [-0.39, 0.29) is 24.9 Å². The zero-order valence-electron chi connectivity index (χ0n) is 47.8. The summed E-state index contributed by atoms with van der Waals surface area (Å²) < 4.78 is 30.2. The molecule has 0 aliphatic heterocycles. The van der Waals surface area contributed by atoms with Crippen molar-refractivity contribution in [1.29, 1.82) is 0 Å². The van der Waals surface area contributed by atoms with Crippen LogP contribution in [-0.4, -0.2) is 69.4 Å². The molecule has 10 heteroatoms. The lowest BCUT2D eigenvalue weighted by molar-refractivity contribution is -0.870. The lowest BCUT2D eigenvalue weighted by atomic mass is 10.0. The molecule has 0 aliphatic carbocycles. The van der Waals surface area contributed by atoms with Gasteiger partial charge in [-0.3, -0.25) is 14.2 Å². The topological polar surface area (TPSA) is 114 Å². The van der Waals surface area contributed by atoms with Crippen LogP contribution in [0.5, 0.6) is 0 Å². The number of rotatable bonds is 52. The summed E-state index contributed by atoms with van der Waals surface area (Å²) in [5.41, 5.74) is 0. The number of carbonyl (C=O) groups excluding carboxylic acids is 2. The van der Waals surface area contributed by atoms with Crippen molar-refractivity contribution in [2.24, 2.45) is 0 Å². The number of likely N-dealkylation sites (N-methyl/N-ethyl adjacent to an activating group) is 1. The van der Waals surface area contributed by atoms with Gasteiger partial charge in [0.2, 0.25) is 5.91 Å². The summed E-state index contributed by atoms with van der Waals surface area (Å²) in [5.74, 6) is -0.598. The van der Waals surface area contributed by atoms with Crippen molar-refractivity contribution >= 4 is 19.7 Å². The molecular formula is C63H111N2O7P. The van der Waals surface area contributed by atoms with Crippen LogP contribution in [-0.2, 0) is 27.9 Å². The Kier molecular flexibility index (Phi) is 50.2. The lowest BCUT2D eigenvalue weighted by Gasteiger charge is -2.30. The molecule has 0 aromatic heterocycles. The fourth-order valence-corrected chi connectivity index (χ4v) is 8.65. The molecule has 9 nitrogen and oxygen atoms in total. The summed E-state index contributed by atoms with van der Waals surface area (Å²) in [5, 5.41) is 3.01. The van der Waals surface area contributed by atoms with E-state index in [1.54, 1.807) is 0 Å². The van der Waals surface area contributed by atoms with Crippen molar-refractivity contribution in [2.75, 3.05) is 40.9 Å². The Balaban J connectivity index is 5.41. The SMILES string of the molecule is CC/C=C/C/C=C/C/C=C/CCCCCCCCC(=O)NC(COP(=O)([O-])OCC[N+](C)(C)C)C(/C=C/CCCCCCCCCCCC)OC(=O)CCCCC/C=C\C/C=C\C/C=C\C/C=C\CCCCC. The summed E-state index contributed by atoms with van der Waals surface area (Å²) in [6.45, 7) is 6.65. The maximum absolute atomic E-state index is 13.5. The summed E-state index contributed by atoms with van der Waals surface area (Å²) in [6, 6.07) is -0.913. The van der Waals surface area contributed by atoms with Crippen LogP contribution < -0.4 is 10.2 Å². The normalized spacial score (nSPS) is 14.5. The molecule has 0 saturated heterocycles. The van der Waals surface area contributed by atoms with E-state index in [0.717, 1.165) is 116 Å². The third-order valence-corrected chi connectivity index (χ3v) is 13.5. The highest BCUT2D eigenvalue weighted by molar-refractivity contribution is 7.45. The number of hydrogen-bond acceptors (Lipinski definition) is 7. The van der Waals surface area contributed by atoms with Crippen molar-refractivity contribution in [3.05, 3.63) is 97.2 Å². The smallest absolute Gasteiger partial charge is 0.306 e. The van der Waals surface area contributed by atoms with E-state index >= 15 is 0 Å². The summed E-state index contributed by atoms with van der Waals surface area (Å²) in [6.07, 6.45) is 69.4. The van der Waals surface area contributed by atoms with Crippen LogP contribution in [0.15, 0.2) is 97.2 Å². The highest BCUT2D eigenvalue weighted by atomic mass is 31.2. The number of ether oxygens (including phenoxy) is 1. The number of nitrogens with zero attached hydrogens (tertiary/aromatic N) is 1. The third kappa shape index (κ3) is 53.6. The molecule has 1 amide bonds. The van der Waals surface area contributed by atoms with E-state index < -0.39 is 26.6 Å². The molecule has 0 aromatic carbocycles. The van der Waals surface area contributed by atoms with E-state index in [1.807, 2.05) is 33.3 Å². The second-order valence-corrected chi connectivity index (χ2v) is 22.2. The molecule has 0 aromatic rings. The lowest BCUT2D eigenvalue weighted by Crippen LogP contribution is -2.47. The van der Waals surface area contributed by atoms with Crippen LogP contribution in [0.2, 0.25) is 0 Å². The predicted molar refractivity (Wildman–Crippen MR) is 311 cm³/mol. The second kappa shape index (κ2) is 52.4. The molecule has 3 atom stereocenters. The average Bonchev–Trinajstić information content (AvgIpc) is 3.35. The van der Waals surface area contributed by atoms with E-state index in [0.29, 0.717) is 30.3 Å². The van der Waals surface area contributed by atoms with Gasteiger partial charge in [0, 0.05) is 12.8 Å². The van der Waals surface area contributed by atoms with Gasteiger partial charge in [0.05, 0.1) is 33.8 Å². The van der Waals surface area contributed by atoms with Crippen molar-refractivity contribution in [1.82, 2.24) is 5.32 Å². The molecule has 0 spiro atoms. The fraction of sp³-hybridized carbons (Fsp3) is 0.714. The molecule has 0 fully saturated rings. The molecule has 1 N–H and O–H groups in total. The summed E-state index contributed by atoms with van der Waals surface area (Å²) in [4.78, 5) is 39.9. The van der Waals surface area contributed by atoms with Gasteiger partial charge >= 0.3 is 5.97 Å². The van der Waals surface area contributed by atoms with Crippen LogP contribution in [0.25, 0.3) is 0 Å². The molecule has 73 heavy (non-hydrogen) atoms. The Labute approximate surface area is 449 Å². The highest BCUT2D eigenvalue weighted by Crippen LogP contribution is 2.38. The highest BCUT2D eigenvalue weighted by Gasteiger charge is 2.27. The molecule has 0 saturated carbocycles. The first-order valence-electron chi connectivity index (χ1n) is 29.5. The van der Waals surface area contributed by atoms with E-state index in [4.69, 9.17) is 13.8 Å². The first-order chi connectivity index (χ1) is 35.4. The van der Waals surface area contributed by atoms with Crippen molar-refractivity contribution in [2.45, 2.75) is 251 Å². The van der Waals surface area contributed by atoms with E-state index in [2.05, 4.69) is 111 Å². The van der Waals surface area contributed by atoms with E-state index in [9.17, 15) is 19.0 Å². The van der Waals surface area contributed by atoms with Gasteiger partial charge in [-0.1, -0.05) is 215 Å². The van der Waals surface area contributed by atoms with Crippen LogP contribution in [0, 0.1) is 0 Å². The minimum absolute atomic E-state index is 0.0351. The Hall–Kier alpha value is -3.07. The maximum Gasteiger partial charge on any atom is 0.306 e. The Bertz CT molecular complexity index is 1570. The summed E-state index contributed by atoms with van der Waals surface area (Å²) in [7, 11) is 1.14. The molecule has 0 bridgehead atoms. The van der Waals surface area contributed by atoms with Crippen LogP contribution >= 0.6 is 7.82 Å². The number of nitrogens with one attached hydrogen (secondary N) is 1. The third-order valence-electron chi connectivity index (χ3n) is 12.5. The Morgan fingerprint density at radius 1 is 0.493 bits per heavy atom. The van der Waals surface area contributed by atoms with Crippen molar-refractivity contribution in [3.8, 4) is 0 Å². The maximum atomic E-state index is 13.5. The molecule has 0 rings (SSSR count). The molecule has 420 valence electrons. The number of amides is 1. The number of phosphoric ester groups is 1. The van der Waals surface area contributed by atoms with Gasteiger partial charge in [-0.2, -0.15) is 0 Å². The number of phosphoric acid groups is 1. The monoisotopic (exact) mass is 1040 g/mol. The van der Waals surface area contributed by atoms with Crippen molar-refractivity contribution < 1.29 is 37.3 Å². The number of hydrogen-bond donors (Lipinski definition) is 1. The zero-order valence-corrected chi connectivity index (χ0v) is 48.7. The predicted octanol–water partition coefficient (Wildman–Crippen LogP) is 17.4. The number of carbonyl (C=O) groups is 2. The zero-order chi connectivity index (χ0) is 53.6. The Morgan fingerprint density at radius 3 is 1.36 bits per heavy atom. The molecule has 0 radical (unpaired) electrons. The minimum Gasteiger partial charge on any atom is -0.756 e. The van der Waals surface area contributed by atoms with Gasteiger partial charge in [-0.05, 0) is 109 Å². The van der Waals surface area contributed by atoms with Gasteiger partial charge in [-0.15, -0.1) is 0 Å². The molecular weight excluding hydrogens is 928 g/mol. The Morgan fingerprint density at radius 2 is 0.877 bits per heavy atom. The second-order valence-electron chi connectivity index (χ2n) is 20.8. The van der Waals surface area contributed by atoms with Gasteiger partial charge in [0.15, 0.2) is 0 Å². The average molecular weight is 1040 g/mol. The van der Waals surface area contributed by atoms with Crippen molar-refractivity contribution in [3.63, 3.8) is 0 Å². The fourth-order valence-electron chi connectivity index (χ4n) is 7.93. The van der Waals surface area contributed by atoms with Gasteiger partial charge < -0.3 is 28.5 Å². The number of unbranched alkanes of at least 4 members (excludes halogenated alkanes) is 22. The van der Waals surface area contributed by atoms with Crippen LogP contribution in [0.4, 0.5) is 0 Å². The largest absolute Gasteiger partial charge is 0.756 e. The van der Waals surface area contributed by atoms with E-state index in [1.165, 1.54) is 77.0 Å². The number of esters is 1. The van der Waals surface area contributed by atoms with Gasteiger partial charge in [0.25, 0.3) is 7.82 Å². The molecule has 0 aliphatic rings. The van der Waals surface area contributed by atoms with Gasteiger partial charge in [0.1, 0.15) is 19.3 Å².